The van der Waals surface area contributed by atoms with E-state index >= 15 is 0 Å². The first-order chi connectivity index (χ1) is 8.51. The number of hydrogen-bond acceptors (Lipinski definition) is 5. The van der Waals surface area contributed by atoms with Crippen LogP contribution in [0.3, 0.4) is 0 Å². The van der Waals surface area contributed by atoms with Gasteiger partial charge in [-0.3, -0.25) is 0 Å². The molecule has 0 unspecified atom stereocenters. The lowest BCUT2D eigenvalue weighted by Gasteiger charge is -2.17. The first-order valence-electron chi connectivity index (χ1n) is 6.67. The number of nitrogens with zero attached hydrogens (tertiary/aromatic N) is 2. The topological polar surface area (TPSA) is 47.0 Å². The molecule has 0 saturated heterocycles. The molecule has 0 aliphatic rings. The lowest BCUT2D eigenvalue weighted by molar-refractivity contribution is -0.0152. The van der Waals surface area contributed by atoms with Crippen LogP contribution in [0.1, 0.15) is 50.6 Å². The summed E-state index contributed by atoms with van der Waals surface area (Å²) in [5.41, 5.74) is -0.115. The summed E-state index contributed by atoms with van der Waals surface area (Å²) >= 11 is 1.66. The Morgan fingerprint density at radius 1 is 1.17 bits per heavy atom. The van der Waals surface area contributed by atoms with Gasteiger partial charge in [0, 0.05) is 6.42 Å². The molecule has 4 nitrogen and oxygen atoms in total. The molecule has 0 aliphatic carbocycles. The van der Waals surface area contributed by atoms with Crippen LogP contribution in [-0.4, -0.2) is 28.9 Å². The summed E-state index contributed by atoms with van der Waals surface area (Å²) in [6, 6.07) is 0. The van der Waals surface area contributed by atoms with Crippen molar-refractivity contribution in [1.82, 2.24) is 15.5 Å². The molecule has 1 aromatic rings. The summed E-state index contributed by atoms with van der Waals surface area (Å²) in [6.45, 7) is 11.0. The number of aryl methyl sites for hydroxylation is 1. The molecular weight excluding hydrogens is 246 g/mol. The molecule has 0 fully saturated rings. The number of hydrogen-bond donors (Lipinski definition) is 1. The molecule has 18 heavy (non-hydrogen) atoms. The van der Waals surface area contributed by atoms with Crippen molar-refractivity contribution in [1.29, 1.82) is 0 Å². The van der Waals surface area contributed by atoms with Crippen LogP contribution < -0.4 is 5.32 Å². The van der Waals surface area contributed by atoms with E-state index in [0.717, 1.165) is 35.9 Å². The smallest absolute Gasteiger partial charge is 0.143 e. The van der Waals surface area contributed by atoms with E-state index in [9.17, 15) is 0 Å². The molecule has 0 aromatic carbocycles. The molecule has 0 bridgehead atoms. The zero-order chi connectivity index (χ0) is 13.4. The van der Waals surface area contributed by atoms with Crippen LogP contribution in [0.15, 0.2) is 0 Å². The van der Waals surface area contributed by atoms with Crippen molar-refractivity contribution in [3.63, 3.8) is 0 Å². The maximum Gasteiger partial charge on any atom is 0.143 e. The summed E-state index contributed by atoms with van der Waals surface area (Å²) < 4.78 is 5.68. The molecular formula is C13H25N3OS. The molecule has 0 aliphatic heterocycles. The Kier molecular flexibility index (Phi) is 6.75. The Bertz CT molecular complexity index is 333. The molecule has 0 radical (unpaired) electrons. The van der Waals surface area contributed by atoms with Gasteiger partial charge in [-0.05, 0) is 46.7 Å². The molecule has 0 amide bonds. The molecule has 1 aromatic heterocycles. The molecule has 1 heterocycles. The maximum atomic E-state index is 5.68. The summed E-state index contributed by atoms with van der Waals surface area (Å²) in [5, 5.41) is 13.8. The Morgan fingerprint density at radius 3 is 2.56 bits per heavy atom. The fraction of sp³-hybridized carbons (Fsp3) is 0.846. The average molecular weight is 271 g/mol. The number of nitrogens with one attached hydrogen (secondary N) is 1. The third-order valence-electron chi connectivity index (χ3n) is 2.31. The molecule has 0 saturated carbocycles. The van der Waals surface area contributed by atoms with E-state index in [-0.39, 0.29) is 5.60 Å². The lowest BCUT2D eigenvalue weighted by atomic mass is 10.2. The average Bonchev–Trinajstić information content (AvgIpc) is 2.73. The minimum atomic E-state index is -0.115. The van der Waals surface area contributed by atoms with E-state index in [0.29, 0.717) is 6.61 Å². The highest BCUT2D eigenvalue weighted by molar-refractivity contribution is 7.11. The van der Waals surface area contributed by atoms with Gasteiger partial charge in [0.25, 0.3) is 0 Å². The third kappa shape index (κ3) is 7.03. The van der Waals surface area contributed by atoms with E-state index in [1.807, 2.05) is 20.8 Å². The van der Waals surface area contributed by atoms with E-state index in [4.69, 9.17) is 4.74 Å². The van der Waals surface area contributed by atoms with Crippen molar-refractivity contribution in [2.75, 3.05) is 13.1 Å². The van der Waals surface area contributed by atoms with E-state index in [1.165, 1.54) is 6.42 Å². The second kappa shape index (κ2) is 7.81. The van der Waals surface area contributed by atoms with Gasteiger partial charge in [0.05, 0.1) is 5.60 Å². The van der Waals surface area contributed by atoms with Crippen LogP contribution in [-0.2, 0) is 17.8 Å². The van der Waals surface area contributed by atoms with Crippen LogP contribution >= 0.6 is 11.3 Å². The fourth-order valence-corrected chi connectivity index (χ4v) is 2.19. The predicted molar refractivity (Wildman–Crippen MR) is 75.9 cm³/mol. The minimum absolute atomic E-state index is 0.115. The van der Waals surface area contributed by atoms with E-state index in [1.54, 1.807) is 11.3 Å². The first kappa shape index (κ1) is 15.5. The van der Waals surface area contributed by atoms with Crippen LogP contribution in [0, 0.1) is 0 Å². The van der Waals surface area contributed by atoms with Crippen molar-refractivity contribution in [2.45, 2.75) is 59.2 Å². The molecule has 1 N–H and O–H groups in total. The van der Waals surface area contributed by atoms with Gasteiger partial charge in [0.2, 0.25) is 0 Å². The van der Waals surface area contributed by atoms with Crippen molar-refractivity contribution in [3.05, 3.63) is 10.0 Å². The fourth-order valence-electron chi connectivity index (χ4n) is 1.39. The number of rotatable bonds is 8. The zero-order valence-electron chi connectivity index (χ0n) is 12.0. The SMILES string of the molecule is CCCNCCCc1nnc(COC(C)(C)C)s1. The lowest BCUT2D eigenvalue weighted by Crippen LogP contribution is -2.18. The largest absolute Gasteiger partial charge is 0.369 e. The van der Waals surface area contributed by atoms with E-state index < -0.39 is 0 Å². The quantitative estimate of drug-likeness (QED) is 0.739. The van der Waals surface area contributed by atoms with Gasteiger partial charge in [0.15, 0.2) is 0 Å². The van der Waals surface area contributed by atoms with Gasteiger partial charge in [-0.25, -0.2) is 0 Å². The Morgan fingerprint density at radius 2 is 1.89 bits per heavy atom. The molecule has 1 rings (SSSR count). The highest BCUT2D eigenvalue weighted by atomic mass is 32.1. The van der Waals surface area contributed by atoms with Gasteiger partial charge in [-0.1, -0.05) is 18.3 Å². The van der Waals surface area contributed by atoms with E-state index in [2.05, 4.69) is 22.4 Å². The second-order valence-corrected chi connectivity index (χ2v) is 6.49. The summed E-state index contributed by atoms with van der Waals surface area (Å²) in [7, 11) is 0. The summed E-state index contributed by atoms with van der Waals surface area (Å²) in [4.78, 5) is 0. The summed E-state index contributed by atoms with van der Waals surface area (Å²) in [6.07, 6.45) is 3.31. The maximum absolute atomic E-state index is 5.68. The van der Waals surface area contributed by atoms with Crippen LogP contribution in [0.4, 0.5) is 0 Å². The van der Waals surface area contributed by atoms with Gasteiger partial charge in [-0.15, -0.1) is 10.2 Å². The number of aromatic nitrogens is 2. The summed E-state index contributed by atoms with van der Waals surface area (Å²) in [5.74, 6) is 0. The molecule has 0 spiro atoms. The highest BCUT2D eigenvalue weighted by Gasteiger charge is 2.12. The third-order valence-corrected chi connectivity index (χ3v) is 3.26. The standard InChI is InChI=1S/C13H25N3OS/c1-5-8-14-9-6-7-11-15-16-12(18-11)10-17-13(2,3)4/h14H,5-10H2,1-4H3. The van der Waals surface area contributed by atoms with Gasteiger partial charge >= 0.3 is 0 Å². The normalized spacial score (nSPS) is 12.0. The van der Waals surface area contributed by atoms with Crippen LogP contribution in [0.5, 0.6) is 0 Å². The van der Waals surface area contributed by atoms with Gasteiger partial charge < -0.3 is 10.1 Å². The Hall–Kier alpha value is -0.520. The Balaban J connectivity index is 2.22. The molecule has 104 valence electrons. The van der Waals surface area contributed by atoms with Crippen molar-refractivity contribution in [3.8, 4) is 0 Å². The zero-order valence-corrected chi connectivity index (χ0v) is 12.8. The molecule has 0 atom stereocenters. The van der Waals surface area contributed by atoms with Crippen LogP contribution in [0.2, 0.25) is 0 Å². The van der Waals surface area contributed by atoms with Crippen molar-refractivity contribution in [2.24, 2.45) is 0 Å². The minimum Gasteiger partial charge on any atom is -0.369 e. The second-order valence-electron chi connectivity index (χ2n) is 5.34. The van der Waals surface area contributed by atoms with Crippen LogP contribution in [0.25, 0.3) is 0 Å². The van der Waals surface area contributed by atoms with Crippen molar-refractivity contribution < 1.29 is 4.74 Å². The highest BCUT2D eigenvalue weighted by Crippen LogP contribution is 2.16. The molecule has 5 heteroatoms. The predicted octanol–water partition coefficient (Wildman–Crippen LogP) is 2.79. The monoisotopic (exact) mass is 271 g/mol. The first-order valence-corrected chi connectivity index (χ1v) is 7.49. The Labute approximate surface area is 114 Å². The van der Waals surface area contributed by atoms with Gasteiger partial charge in [0.1, 0.15) is 16.6 Å². The number of ether oxygens (including phenoxy) is 1. The van der Waals surface area contributed by atoms with Gasteiger partial charge in [-0.2, -0.15) is 0 Å². The van der Waals surface area contributed by atoms with Crippen molar-refractivity contribution >= 4 is 11.3 Å².